The van der Waals surface area contributed by atoms with Crippen molar-refractivity contribution < 1.29 is 27.8 Å². The molecule has 156 valence electrons. The number of rotatable bonds is 4. The molecule has 1 aliphatic carbocycles. The molecule has 30 heavy (non-hydrogen) atoms. The van der Waals surface area contributed by atoms with E-state index in [2.05, 4.69) is 14.5 Å². The van der Waals surface area contributed by atoms with E-state index in [1.54, 1.807) is 12.3 Å². The van der Waals surface area contributed by atoms with Crippen molar-refractivity contribution in [2.24, 2.45) is 10.9 Å². The van der Waals surface area contributed by atoms with Crippen LogP contribution in [0.3, 0.4) is 0 Å². The van der Waals surface area contributed by atoms with E-state index in [0.717, 1.165) is 18.4 Å². The molecule has 2 heterocycles. The number of nitrogens with zero attached hydrogens (tertiary/aromatic N) is 1. The molecule has 1 unspecified atom stereocenters. The van der Waals surface area contributed by atoms with Gasteiger partial charge in [-0.3, -0.25) is 4.79 Å². The molecule has 3 aliphatic rings. The van der Waals surface area contributed by atoms with Gasteiger partial charge in [-0.05, 0) is 54.9 Å². The molecule has 2 fully saturated rings. The van der Waals surface area contributed by atoms with Crippen LogP contribution in [0, 0.1) is 5.92 Å². The van der Waals surface area contributed by atoms with Gasteiger partial charge in [-0.15, -0.1) is 8.78 Å². The monoisotopic (exact) mass is 413 g/mol. The molecule has 0 N–H and O–H groups in total. The van der Waals surface area contributed by atoms with E-state index >= 15 is 0 Å². The van der Waals surface area contributed by atoms with Gasteiger partial charge >= 0.3 is 6.29 Å². The average molecular weight is 413 g/mol. The third kappa shape index (κ3) is 3.58. The molecule has 2 atom stereocenters. The van der Waals surface area contributed by atoms with Crippen molar-refractivity contribution >= 4 is 12.1 Å². The van der Waals surface area contributed by atoms with E-state index < -0.39 is 11.7 Å². The Morgan fingerprint density at radius 2 is 1.83 bits per heavy atom. The van der Waals surface area contributed by atoms with Crippen molar-refractivity contribution in [3.8, 4) is 11.5 Å². The highest BCUT2D eigenvalue weighted by atomic mass is 19.3. The van der Waals surface area contributed by atoms with Crippen molar-refractivity contribution in [3.63, 3.8) is 0 Å². The number of ether oxygens (including phenoxy) is 3. The molecule has 0 radical (unpaired) electrons. The van der Waals surface area contributed by atoms with Crippen LogP contribution in [0.4, 0.5) is 8.78 Å². The summed E-state index contributed by atoms with van der Waals surface area (Å²) < 4.78 is 41.4. The van der Waals surface area contributed by atoms with Gasteiger partial charge in [0.15, 0.2) is 11.5 Å². The summed E-state index contributed by atoms with van der Waals surface area (Å²) in [6.07, 6.45) is 0.926. The van der Waals surface area contributed by atoms with Gasteiger partial charge in [0.1, 0.15) is 0 Å². The molecular formula is C23H21F2NO4. The summed E-state index contributed by atoms with van der Waals surface area (Å²) in [5, 5.41) is 0. The molecular weight excluding hydrogens is 392 g/mol. The van der Waals surface area contributed by atoms with E-state index in [0.29, 0.717) is 25.0 Å². The number of amides is 1. The summed E-state index contributed by atoms with van der Waals surface area (Å²) >= 11 is 0. The van der Waals surface area contributed by atoms with E-state index in [1.807, 2.05) is 30.3 Å². The molecule has 1 saturated carbocycles. The number of aliphatic imine (C=N–C) groups is 1. The van der Waals surface area contributed by atoms with Crippen molar-refractivity contribution in [1.29, 1.82) is 0 Å². The fourth-order valence-electron chi connectivity index (χ4n) is 4.15. The fraction of sp³-hybridized carbons (Fsp3) is 0.391. The van der Waals surface area contributed by atoms with Crippen LogP contribution in [0.2, 0.25) is 0 Å². The highest BCUT2D eigenvalue weighted by Crippen LogP contribution is 2.52. The van der Waals surface area contributed by atoms with Gasteiger partial charge in [-0.1, -0.05) is 36.4 Å². The summed E-state index contributed by atoms with van der Waals surface area (Å²) in [5.74, 6) is -0.157. The maximum absolute atomic E-state index is 13.3. The zero-order valence-corrected chi connectivity index (χ0v) is 16.2. The van der Waals surface area contributed by atoms with Crippen molar-refractivity contribution in [1.82, 2.24) is 0 Å². The second-order valence-electron chi connectivity index (χ2n) is 8.05. The molecule has 5 rings (SSSR count). The van der Waals surface area contributed by atoms with Gasteiger partial charge in [-0.25, -0.2) is 4.99 Å². The summed E-state index contributed by atoms with van der Waals surface area (Å²) in [6, 6.07) is 14.5. The lowest BCUT2D eigenvalue weighted by Gasteiger charge is -2.27. The van der Waals surface area contributed by atoms with E-state index in [-0.39, 0.29) is 29.4 Å². The zero-order valence-electron chi connectivity index (χ0n) is 16.2. The van der Waals surface area contributed by atoms with Gasteiger partial charge < -0.3 is 14.2 Å². The third-order valence-electron chi connectivity index (χ3n) is 6.01. The van der Waals surface area contributed by atoms with Crippen LogP contribution in [-0.2, 0) is 14.9 Å². The quantitative estimate of drug-likeness (QED) is 0.676. The minimum absolute atomic E-state index is 0.00286. The molecule has 0 spiro atoms. The largest absolute Gasteiger partial charge is 0.586 e. The van der Waals surface area contributed by atoms with Crippen LogP contribution in [0.25, 0.3) is 0 Å². The predicted octanol–water partition coefficient (Wildman–Crippen LogP) is 4.81. The Bertz CT molecular complexity index is 988. The van der Waals surface area contributed by atoms with Crippen LogP contribution in [0.15, 0.2) is 53.5 Å². The number of carbonyl (C=O) groups is 1. The molecule has 2 aromatic carbocycles. The van der Waals surface area contributed by atoms with Gasteiger partial charge in [0, 0.05) is 12.8 Å². The Balaban J connectivity index is 1.28. The maximum atomic E-state index is 13.3. The normalized spacial score (nSPS) is 25.9. The van der Waals surface area contributed by atoms with Crippen molar-refractivity contribution in [2.45, 2.75) is 43.5 Å². The van der Waals surface area contributed by atoms with Gasteiger partial charge in [-0.2, -0.15) is 0 Å². The van der Waals surface area contributed by atoms with Crippen LogP contribution in [0.1, 0.15) is 42.9 Å². The number of hydrogen-bond acceptors (Lipinski definition) is 4. The molecule has 2 aromatic rings. The van der Waals surface area contributed by atoms with Gasteiger partial charge in [0.05, 0.1) is 11.5 Å². The van der Waals surface area contributed by atoms with Crippen molar-refractivity contribution in [3.05, 3.63) is 59.7 Å². The molecule has 1 saturated heterocycles. The topological polar surface area (TPSA) is 57.1 Å². The van der Waals surface area contributed by atoms with Crippen LogP contribution < -0.4 is 9.47 Å². The van der Waals surface area contributed by atoms with Crippen LogP contribution in [0.5, 0.6) is 11.5 Å². The minimum atomic E-state index is -3.67. The fourth-order valence-corrected chi connectivity index (χ4v) is 4.15. The second-order valence-corrected chi connectivity index (χ2v) is 8.05. The summed E-state index contributed by atoms with van der Waals surface area (Å²) in [4.78, 5) is 17.2. The van der Waals surface area contributed by atoms with Gasteiger partial charge in [0.25, 0.3) is 5.91 Å². The highest BCUT2D eigenvalue weighted by molar-refractivity contribution is 5.96. The summed E-state index contributed by atoms with van der Waals surface area (Å²) in [7, 11) is 0. The van der Waals surface area contributed by atoms with Crippen molar-refractivity contribution in [2.75, 3.05) is 6.61 Å². The first-order valence-corrected chi connectivity index (χ1v) is 10.1. The maximum Gasteiger partial charge on any atom is 0.586 e. The SMILES string of the molecule is O=C(N=CC1CCO[C@@H](c2ccccc2)C1)C1(c2ccc3c(c2)OC(F)(F)O3)CC1. The smallest absolute Gasteiger partial charge is 0.395 e. The Labute approximate surface area is 172 Å². The van der Waals surface area contributed by atoms with Gasteiger partial charge in [0.2, 0.25) is 0 Å². The number of hydrogen-bond donors (Lipinski definition) is 0. The molecule has 5 nitrogen and oxygen atoms in total. The number of alkyl halides is 2. The Hall–Kier alpha value is -2.80. The van der Waals surface area contributed by atoms with E-state index in [4.69, 9.17) is 4.74 Å². The second kappa shape index (κ2) is 7.16. The first kappa shape index (κ1) is 19.2. The Kier molecular flexibility index (Phi) is 4.58. The standard InChI is InChI=1S/C23H21F2NO4/c24-23(25)29-18-7-6-17(13-20(18)30-23)22(9-10-22)21(27)26-14-15-8-11-28-19(12-15)16-4-2-1-3-5-16/h1-7,13-15,19H,8-12H2/t15?,19-/m1/s1. The Morgan fingerprint density at radius 3 is 2.60 bits per heavy atom. The lowest BCUT2D eigenvalue weighted by Crippen LogP contribution is -2.26. The van der Waals surface area contributed by atoms with Crippen LogP contribution >= 0.6 is 0 Å². The van der Waals surface area contributed by atoms with E-state index in [1.165, 1.54) is 12.1 Å². The predicted molar refractivity (Wildman–Crippen MR) is 105 cm³/mol. The molecule has 2 aliphatic heterocycles. The minimum Gasteiger partial charge on any atom is -0.395 e. The number of benzene rings is 2. The van der Waals surface area contributed by atoms with E-state index in [9.17, 15) is 13.6 Å². The molecule has 0 bridgehead atoms. The molecule has 7 heteroatoms. The third-order valence-corrected chi connectivity index (χ3v) is 6.01. The molecule has 0 aromatic heterocycles. The lowest BCUT2D eigenvalue weighted by atomic mass is 9.92. The first-order valence-electron chi connectivity index (χ1n) is 10.1. The molecule has 1 amide bonds. The number of halogens is 2. The summed E-state index contributed by atoms with van der Waals surface area (Å²) in [6.45, 7) is 0.617. The average Bonchev–Trinajstić information content (AvgIpc) is 3.50. The van der Waals surface area contributed by atoms with Crippen LogP contribution in [-0.4, -0.2) is 25.0 Å². The zero-order chi connectivity index (χ0) is 20.8. The number of carbonyl (C=O) groups excluding carboxylic acids is 1. The first-order chi connectivity index (χ1) is 14.5. The Morgan fingerprint density at radius 1 is 1.07 bits per heavy atom. The highest BCUT2D eigenvalue weighted by Gasteiger charge is 2.52. The number of fused-ring (bicyclic) bond motifs is 1. The summed E-state index contributed by atoms with van der Waals surface area (Å²) in [5.41, 5.74) is 1.01. The lowest BCUT2D eigenvalue weighted by molar-refractivity contribution is -0.286.